The maximum absolute atomic E-state index is 12.1. The predicted molar refractivity (Wildman–Crippen MR) is 69.8 cm³/mol. The molecule has 1 aromatic rings. The van der Waals surface area contributed by atoms with E-state index in [4.69, 9.17) is 5.11 Å². The van der Waals surface area contributed by atoms with Gasteiger partial charge >= 0.3 is 0 Å². The van der Waals surface area contributed by atoms with Gasteiger partial charge < -0.3 is 5.11 Å². The van der Waals surface area contributed by atoms with Crippen LogP contribution < -0.4 is 4.72 Å². The third-order valence-electron chi connectivity index (χ3n) is 4.03. The minimum atomic E-state index is -3.39. The molecule has 1 heterocycles. The second kappa shape index (κ2) is 4.30. The van der Waals surface area contributed by atoms with Crippen LogP contribution >= 0.6 is 11.3 Å². The molecule has 2 saturated carbocycles. The molecule has 3 rings (SSSR count). The van der Waals surface area contributed by atoms with Crippen molar-refractivity contribution in [3.8, 4) is 0 Å². The molecule has 1 aromatic heterocycles. The van der Waals surface area contributed by atoms with E-state index in [1.165, 1.54) is 24.2 Å². The van der Waals surface area contributed by atoms with Crippen LogP contribution in [0.5, 0.6) is 0 Å². The van der Waals surface area contributed by atoms with Gasteiger partial charge in [-0.25, -0.2) is 13.1 Å². The molecular weight excluding hydrogens is 270 g/mol. The van der Waals surface area contributed by atoms with Gasteiger partial charge in [-0.05, 0) is 54.0 Å². The van der Waals surface area contributed by atoms with Crippen molar-refractivity contribution in [1.29, 1.82) is 0 Å². The zero-order valence-electron chi connectivity index (χ0n) is 10.1. The van der Waals surface area contributed by atoms with Gasteiger partial charge in [0.1, 0.15) is 4.21 Å². The number of hydrogen-bond acceptors (Lipinski definition) is 4. The Kier molecular flexibility index (Phi) is 3.01. The molecule has 6 heteroatoms. The summed E-state index contributed by atoms with van der Waals surface area (Å²) in [6.07, 6.45) is 4.84. The van der Waals surface area contributed by atoms with Crippen LogP contribution in [0.15, 0.2) is 15.7 Å². The Hall–Kier alpha value is -0.430. The minimum absolute atomic E-state index is 0.113. The molecule has 2 fully saturated rings. The van der Waals surface area contributed by atoms with Gasteiger partial charge in [-0.3, -0.25) is 0 Å². The van der Waals surface area contributed by atoms with Gasteiger partial charge in [0.25, 0.3) is 0 Å². The van der Waals surface area contributed by atoms with E-state index in [-0.39, 0.29) is 12.0 Å². The molecule has 0 spiro atoms. The van der Waals surface area contributed by atoms with E-state index in [9.17, 15) is 8.42 Å². The largest absolute Gasteiger partial charge is 0.392 e. The maximum atomic E-state index is 12.1. The molecule has 18 heavy (non-hydrogen) atoms. The first-order valence-electron chi connectivity index (χ1n) is 6.24. The molecule has 0 saturated heterocycles. The number of aliphatic hydroxyl groups is 1. The highest BCUT2D eigenvalue weighted by Crippen LogP contribution is 2.60. The van der Waals surface area contributed by atoms with Crippen LogP contribution in [-0.2, 0) is 16.6 Å². The summed E-state index contributed by atoms with van der Waals surface area (Å²) in [5.74, 6) is 0.747. The molecule has 0 aromatic carbocycles. The lowest BCUT2D eigenvalue weighted by Crippen LogP contribution is -2.30. The molecule has 2 aliphatic rings. The number of hydrogen-bond donors (Lipinski definition) is 2. The minimum Gasteiger partial charge on any atom is -0.392 e. The van der Waals surface area contributed by atoms with E-state index < -0.39 is 10.0 Å². The number of sulfonamides is 1. The predicted octanol–water partition coefficient (Wildman–Crippen LogP) is 1.71. The molecule has 100 valence electrons. The van der Waals surface area contributed by atoms with Crippen molar-refractivity contribution in [3.63, 3.8) is 0 Å². The van der Waals surface area contributed by atoms with Crippen molar-refractivity contribution in [2.75, 3.05) is 6.54 Å². The van der Waals surface area contributed by atoms with Crippen molar-refractivity contribution < 1.29 is 13.5 Å². The van der Waals surface area contributed by atoms with Crippen LogP contribution in [0, 0.1) is 11.3 Å². The SMILES string of the molecule is O=S(=O)(NCC1(C2CC2)CC1)c1cc(CO)cs1. The quantitative estimate of drug-likeness (QED) is 0.837. The zero-order valence-corrected chi connectivity index (χ0v) is 11.7. The third-order valence-corrected chi connectivity index (χ3v) is 6.92. The smallest absolute Gasteiger partial charge is 0.250 e. The first-order valence-corrected chi connectivity index (χ1v) is 8.60. The Balaban J connectivity index is 1.67. The van der Waals surface area contributed by atoms with E-state index in [1.807, 2.05) is 0 Å². The summed E-state index contributed by atoms with van der Waals surface area (Å²) in [7, 11) is -3.39. The van der Waals surface area contributed by atoms with Gasteiger partial charge in [0.15, 0.2) is 0 Å². The van der Waals surface area contributed by atoms with E-state index in [0.717, 1.165) is 18.8 Å². The zero-order chi connectivity index (χ0) is 12.8. The lowest BCUT2D eigenvalue weighted by molar-refractivity contribution is 0.282. The Morgan fingerprint density at radius 2 is 2.17 bits per heavy atom. The van der Waals surface area contributed by atoms with Gasteiger partial charge in [0.05, 0.1) is 6.61 Å². The van der Waals surface area contributed by atoms with Gasteiger partial charge in [-0.1, -0.05) is 0 Å². The molecule has 0 radical (unpaired) electrons. The van der Waals surface area contributed by atoms with Crippen LogP contribution in [0.25, 0.3) is 0 Å². The van der Waals surface area contributed by atoms with E-state index in [1.54, 1.807) is 11.4 Å². The van der Waals surface area contributed by atoms with Crippen molar-refractivity contribution in [1.82, 2.24) is 4.72 Å². The summed E-state index contributed by atoms with van der Waals surface area (Å²) in [6.45, 7) is 0.463. The summed E-state index contributed by atoms with van der Waals surface area (Å²) in [4.78, 5) is 0. The van der Waals surface area contributed by atoms with Crippen molar-refractivity contribution in [2.24, 2.45) is 11.3 Å². The van der Waals surface area contributed by atoms with Crippen molar-refractivity contribution >= 4 is 21.4 Å². The standard InChI is InChI=1S/C12H17NO3S2/c14-6-9-5-11(17-7-9)18(15,16)13-8-12(3-4-12)10-1-2-10/h5,7,10,13-14H,1-4,6,8H2. The maximum Gasteiger partial charge on any atom is 0.250 e. The Bertz CT molecular complexity index is 541. The first-order chi connectivity index (χ1) is 8.56. The second-order valence-electron chi connectivity index (χ2n) is 5.39. The molecule has 0 unspecified atom stereocenters. The molecule has 0 atom stereocenters. The summed E-state index contributed by atoms with van der Waals surface area (Å²) in [6, 6.07) is 1.55. The molecular formula is C12H17NO3S2. The topological polar surface area (TPSA) is 66.4 Å². The van der Waals surface area contributed by atoms with Gasteiger partial charge in [0.2, 0.25) is 10.0 Å². The fraction of sp³-hybridized carbons (Fsp3) is 0.667. The highest BCUT2D eigenvalue weighted by atomic mass is 32.2. The van der Waals surface area contributed by atoms with Crippen LogP contribution in [0.2, 0.25) is 0 Å². The molecule has 4 nitrogen and oxygen atoms in total. The summed E-state index contributed by atoms with van der Waals surface area (Å²) >= 11 is 1.17. The lowest BCUT2D eigenvalue weighted by Gasteiger charge is -2.14. The summed E-state index contributed by atoms with van der Waals surface area (Å²) in [5, 5.41) is 10.6. The fourth-order valence-corrected chi connectivity index (χ4v) is 4.86. The molecule has 0 aliphatic heterocycles. The molecule has 0 bridgehead atoms. The van der Waals surface area contributed by atoms with E-state index in [2.05, 4.69) is 4.72 Å². The highest BCUT2D eigenvalue weighted by molar-refractivity contribution is 7.91. The molecule has 0 amide bonds. The highest BCUT2D eigenvalue weighted by Gasteiger charge is 2.53. The van der Waals surface area contributed by atoms with Crippen LogP contribution in [0.4, 0.5) is 0 Å². The number of rotatable bonds is 6. The Morgan fingerprint density at radius 3 is 2.67 bits per heavy atom. The van der Waals surface area contributed by atoms with Gasteiger partial charge in [-0.2, -0.15) is 0 Å². The third kappa shape index (κ3) is 2.34. The van der Waals surface area contributed by atoms with Gasteiger partial charge in [-0.15, -0.1) is 11.3 Å². The lowest BCUT2D eigenvalue weighted by atomic mass is 10.0. The molecule has 2 aliphatic carbocycles. The van der Waals surface area contributed by atoms with Crippen molar-refractivity contribution in [3.05, 3.63) is 17.0 Å². The second-order valence-corrected chi connectivity index (χ2v) is 8.30. The fourth-order valence-electron chi connectivity index (χ4n) is 2.47. The number of aliphatic hydroxyl groups excluding tert-OH is 1. The summed E-state index contributed by atoms with van der Waals surface area (Å²) in [5.41, 5.74) is 0.924. The Labute approximate surface area is 111 Å². The normalized spacial score (nSPS) is 22.1. The average Bonchev–Trinajstić information content (AvgIpc) is 3.24. The average molecular weight is 287 g/mol. The summed E-state index contributed by atoms with van der Waals surface area (Å²) < 4.78 is 27.2. The van der Waals surface area contributed by atoms with Crippen LogP contribution in [-0.4, -0.2) is 20.1 Å². The first kappa shape index (κ1) is 12.6. The Morgan fingerprint density at radius 1 is 1.44 bits per heavy atom. The van der Waals surface area contributed by atoms with E-state index >= 15 is 0 Å². The van der Waals surface area contributed by atoms with Crippen molar-refractivity contribution in [2.45, 2.75) is 36.5 Å². The van der Waals surface area contributed by atoms with Crippen LogP contribution in [0.1, 0.15) is 31.2 Å². The van der Waals surface area contributed by atoms with Gasteiger partial charge in [0, 0.05) is 6.54 Å². The van der Waals surface area contributed by atoms with E-state index in [0.29, 0.717) is 16.3 Å². The van der Waals surface area contributed by atoms with Crippen LogP contribution in [0.3, 0.4) is 0 Å². The number of thiophene rings is 1. The monoisotopic (exact) mass is 287 g/mol. The number of nitrogens with one attached hydrogen (secondary N) is 1. The molecule has 2 N–H and O–H groups in total.